The smallest absolute Gasteiger partial charge is 0.229 e. The van der Waals surface area contributed by atoms with E-state index in [1.165, 1.54) is 4.52 Å². The summed E-state index contributed by atoms with van der Waals surface area (Å²) >= 11 is 6.30. The van der Waals surface area contributed by atoms with Crippen LogP contribution in [0.1, 0.15) is 16.7 Å². The van der Waals surface area contributed by atoms with Crippen molar-refractivity contribution in [2.45, 2.75) is 30.3 Å². The zero-order chi connectivity index (χ0) is 24.0. The van der Waals surface area contributed by atoms with Crippen LogP contribution in [0.5, 0.6) is 0 Å². The molecule has 0 aliphatic heterocycles. The molecule has 0 radical (unpaired) electrons. The molecule has 0 bridgehead atoms. The number of anilines is 1. The number of sulfone groups is 1. The van der Waals surface area contributed by atoms with Crippen molar-refractivity contribution in [2.75, 3.05) is 11.9 Å². The Labute approximate surface area is 202 Å². The summed E-state index contributed by atoms with van der Waals surface area (Å²) in [4.78, 5) is 6.89. The maximum absolute atomic E-state index is 13.5. The largest absolute Gasteiger partial charge is 0.355 e. The predicted octanol–water partition coefficient (Wildman–Crippen LogP) is 5.02. The molecule has 2 heterocycles. The first-order valence-corrected chi connectivity index (χ1v) is 12.5. The lowest BCUT2D eigenvalue weighted by Gasteiger charge is -2.20. The van der Waals surface area contributed by atoms with Gasteiger partial charge in [-0.3, -0.25) is 0 Å². The molecule has 5 aromatic rings. The van der Waals surface area contributed by atoms with Crippen LogP contribution in [-0.4, -0.2) is 35.3 Å². The van der Waals surface area contributed by atoms with Gasteiger partial charge < -0.3 is 4.90 Å². The summed E-state index contributed by atoms with van der Waals surface area (Å²) in [5, 5.41) is 9.34. The maximum Gasteiger partial charge on any atom is 0.229 e. The summed E-state index contributed by atoms with van der Waals surface area (Å²) in [6.07, 6.45) is 0. The van der Waals surface area contributed by atoms with E-state index in [4.69, 9.17) is 16.6 Å². The Kier molecular flexibility index (Phi) is 5.50. The van der Waals surface area contributed by atoms with E-state index >= 15 is 0 Å². The van der Waals surface area contributed by atoms with Crippen LogP contribution >= 0.6 is 11.6 Å². The Morgan fingerprint density at radius 1 is 0.971 bits per heavy atom. The van der Waals surface area contributed by atoms with Crippen molar-refractivity contribution >= 4 is 43.8 Å². The molecule has 0 saturated heterocycles. The fourth-order valence-corrected chi connectivity index (χ4v) is 5.43. The van der Waals surface area contributed by atoms with E-state index in [2.05, 4.69) is 10.3 Å². The molecule has 3 aromatic carbocycles. The molecule has 0 amide bonds. The lowest BCUT2D eigenvalue weighted by molar-refractivity contribution is 0.592. The van der Waals surface area contributed by atoms with Crippen molar-refractivity contribution in [1.29, 1.82) is 0 Å². The minimum Gasteiger partial charge on any atom is -0.355 e. The van der Waals surface area contributed by atoms with Gasteiger partial charge in [0.25, 0.3) is 0 Å². The third-order valence-electron chi connectivity index (χ3n) is 5.92. The fraction of sp³-hybridized carbons (Fsp3) is 0.160. The molecule has 0 unspecified atom stereocenters. The highest BCUT2D eigenvalue weighted by Gasteiger charge is 2.28. The molecule has 0 fully saturated rings. The Hall–Kier alpha value is -3.49. The van der Waals surface area contributed by atoms with Gasteiger partial charge in [0.2, 0.25) is 14.9 Å². The van der Waals surface area contributed by atoms with Crippen LogP contribution in [0.25, 0.3) is 16.6 Å². The molecule has 2 aromatic heterocycles. The van der Waals surface area contributed by atoms with Crippen LogP contribution < -0.4 is 4.90 Å². The van der Waals surface area contributed by atoms with E-state index in [9.17, 15) is 8.42 Å². The van der Waals surface area contributed by atoms with E-state index < -0.39 is 9.84 Å². The highest BCUT2D eigenvalue weighted by molar-refractivity contribution is 7.91. The molecule has 0 atom stereocenters. The number of benzene rings is 3. The number of rotatable bonds is 5. The molecular formula is C25H22ClN5O2S. The predicted molar refractivity (Wildman–Crippen MR) is 133 cm³/mol. The monoisotopic (exact) mass is 491 g/mol. The molecule has 5 rings (SSSR count). The van der Waals surface area contributed by atoms with Gasteiger partial charge in [-0.1, -0.05) is 53.2 Å². The number of aromatic nitrogens is 4. The van der Waals surface area contributed by atoms with Gasteiger partial charge in [-0.05, 0) is 60.9 Å². The first-order valence-electron chi connectivity index (χ1n) is 10.7. The molecule has 7 nitrogen and oxygen atoms in total. The molecule has 0 spiro atoms. The van der Waals surface area contributed by atoms with Crippen LogP contribution in [0.4, 0.5) is 5.82 Å². The molecule has 0 saturated carbocycles. The summed E-state index contributed by atoms with van der Waals surface area (Å²) in [7, 11) is -2.03. The number of nitrogens with zero attached hydrogens (tertiary/aromatic N) is 5. The average Bonchev–Trinajstić information content (AvgIpc) is 3.25. The fourth-order valence-electron chi connectivity index (χ4n) is 3.94. The maximum atomic E-state index is 13.5. The third kappa shape index (κ3) is 3.78. The van der Waals surface area contributed by atoms with Gasteiger partial charge in [-0.15, -0.1) is 5.10 Å². The molecule has 34 heavy (non-hydrogen) atoms. The number of hydrogen-bond acceptors (Lipinski definition) is 6. The zero-order valence-corrected chi connectivity index (χ0v) is 20.5. The van der Waals surface area contributed by atoms with Gasteiger partial charge in [0.1, 0.15) is 5.82 Å². The second-order valence-electron chi connectivity index (χ2n) is 8.32. The average molecular weight is 492 g/mol. The lowest BCUT2D eigenvalue weighted by Crippen LogP contribution is -2.19. The summed E-state index contributed by atoms with van der Waals surface area (Å²) in [6.45, 7) is 4.39. The summed E-state index contributed by atoms with van der Waals surface area (Å²) in [6, 6.07) is 20.3. The summed E-state index contributed by atoms with van der Waals surface area (Å²) in [5.74, 6) is 0.590. The molecule has 0 aliphatic carbocycles. The van der Waals surface area contributed by atoms with E-state index in [-0.39, 0.29) is 15.6 Å². The van der Waals surface area contributed by atoms with Gasteiger partial charge in [0.05, 0.1) is 10.4 Å². The Morgan fingerprint density at radius 3 is 2.47 bits per heavy atom. The highest BCUT2D eigenvalue weighted by atomic mass is 35.5. The lowest BCUT2D eigenvalue weighted by atomic mass is 10.1. The normalized spacial score (nSPS) is 11.9. The van der Waals surface area contributed by atoms with Crippen molar-refractivity contribution in [3.05, 3.63) is 88.4 Å². The van der Waals surface area contributed by atoms with Gasteiger partial charge in [-0.2, -0.15) is 4.52 Å². The van der Waals surface area contributed by atoms with Gasteiger partial charge in [-0.25, -0.2) is 13.4 Å². The standard InChI is InChI=1S/C25H22ClN5O2S/c1-16-9-11-20(13-17(16)2)34(32,33)25-24-27-23(30(3)15-18-7-5-4-6-8-18)21-14-19(26)10-12-22(21)31(24)29-28-25/h4-14H,15H2,1-3H3. The minimum atomic E-state index is -3.94. The van der Waals surface area contributed by atoms with E-state index in [0.29, 0.717) is 22.9 Å². The Bertz CT molecular complexity index is 1650. The van der Waals surface area contributed by atoms with E-state index in [0.717, 1.165) is 22.1 Å². The van der Waals surface area contributed by atoms with Gasteiger partial charge >= 0.3 is 0 Å². The molecule has 0 N–H and O–H groups in total. The van der Waals surface area contributed by atoms with Crippen LogP contribution in [0.3, 0.4) is 0 Å². The number of aryl methyl sites for hydroxylation is 2. The van der Waals surface area contributed by atoms with Crippen molar-refractivity contribution in [2.24, 2.45) is 0 Å². The van der Waals surface area contributed by atoms with Crippen molar-refractivity contribution in [1.82, 2.24) is 19.8 Å². The Balaban J connectivity index is 1.73. The zero-order valence-electron chi connectivity index (χ0n) is 18.9. The molecular weight excluding hydrogens is 470 g/mol. The topological polar surface area (TPSA) is 80.5 Å². The van der Waals surface area contributed by atoms with E-state index in [1.807, 2.05) is 56.1 Å². The molecule has 0 aliphatic rings. The van der Waals surface area contributed by atoms with E-state index in [1.54, 1.807) is 36.4 Å². The van der Waals surface area contributed by atoms with Crippen LogP contribution in [0, 0.1) is 13.8 Å². The van der Waals surface area contributed by atoms with Gasteiger partial charge in [0, 0.05) is 24.0 Å². The quantitative estimate of drug-likeness (QED) is 0.343. The molecule has 9 heteroatoms. The van der Waals surface area contributed by atoms with Crippen molar-refractivity contribution in [3.8, 4) is 0 Å². The Morgan fingerprint density at radius 2 is 1.74 bits per heavy atom. The highest BCUT2D eigenvalue weighted by Crippen LogP contribution is 2.32. The third-order valence-corrected chi connectivity index (χ3v) is 7.81. The number of halogens is 1. The SMILES string of the molecule is Cc1ccc(S(=O)(=O)c2nnn3c2nc(N(C)Cc2ccccc2)c2cc(Cl)ccc23)cc1C. The number of fused-ring (bicyclic) bond motifs is 3. The van der Waals surface area contributed by atoms with Crippen LogP contribution in [0.15, 0.2) is 76.7 Å². The minimum absolute atomic E-state index is 0.162. The van der Waals surface area contributed by atoms with Crippen LogP contribution in [-0.2, 0) is 16.4 Å². The summed E-state index contributed by atoms with van der Waals surface area (Å²) < 4.78 is 28.5. The second kappa shape index (κ2) is 8.38. The molecule has 172 valence electrons. The number of hydrogen-bond donors (Lipinski definition) is 0. The second-order valence-corrected chi connectivity index (χ2v) is 10.6. The first-order chi connectivity index (χ1) is 16.3. The van der Waals surface area contributed by atoms with Crippen molar-refractivity contribution < 1.29 is 8.42 Å². The van der Waals surface area contributed by atoms with Crippen LogP contribution in [0.2, 0.25) is 5.02 Å². The first kappa shape index (κ1) is 22.3. The summed E-state index contributed by atoms with van der Waals surface area (Å²) in [5.41, 5.74) is 3.82. The van der Waals surface area contributed by atoms with Crippen molar-refractivity contribution in [3.63, 3.8) is 0 Å². The van der Waals surface area contributed by atoms with Gasteiger partial charge in [0.15, 0.2) is 5.65 Å².